The van der Waals surface area contributed by atoms with Crippen LogP contribution < -0.4 is 5.73 Å². The average Bonchev–Trinajstić information content (AvgIpc) is 3.24. The Hall–Kier alpha value is -2.46. The molecular weight excluding hydrogens is 516 g/mol. The molecule has 37 heavy (non-hydrogen) atoms. The zero-order chi connectivity index (χ0) is 26.5. The van der Waals surface area contributed by atoms with E-state index in [1.54, 1.807) is 6.20 Å². The minimum atomic E-state index is -0.571. The molecule has 0 amide bonds. The monoisotopic (exact) mass is 551 g/mol. The molecule has 0 aliphatic carbocycles. The number of thiol groups is 1. The van der Waals surface area contributed by atoms with Gasteiger partial charge in [0.05, 0.1) is 11.7 Å². The van der Waals surface area contributed by atoms with Crippen LogP contribution in [0.2, 0.25) is 0 Å². The van der Waals surface area contributed by atoms with E-state index >= 15 is 0 Å². The van der Waals surface area contributed by atoms with Crippen molar-refractivity contribution in [2.24, 2.45) is 17.1 Å². The zero-order valence-electron chi connectivity index (χ0n) is 21.4. The standard InChI is InChI=1S/C27H35F2N5OS.ClH/c1-27(2,3)25(34(24(31)16-35)14-19(12-30)17-36)26-32-23(21-11-20(28)9-10-22(21)29)15-33(26)13-18-7-5-4-6-8-18;/h4-11,15,19,25,31,35-36H,12-14,16-17,30H2,1-3H3;1H/t19?,25-;/m0./s1. The Morgan fingerprint density at radius 2 is 1.86 bits per heavy atom. The Balaban J connectivity index is 0.00000481. The van der Waals surface area contributed by atoms with Crippen LogP contribution in [0.3, 0.4) is 0 Å². The summed E-state index contributed by atoms with van der Waals surface area (Å²) in [7, 11) is 0. The number of benzene rings is 2. The number of aromatic nitrogens is 2. The van der Waals surface area contributed by atoms with Crippen LogP contribution in [0, 0.1) is 28.4 Å². The lowest BCUT2D eigenvalue weighted by Crippen LogP contribution is -2.47. The molecule has 202 valence electrons. The molecule has 3 aromatic rings. The minimum absolute atomic E-state index is 0. The number of nitrogens with two attached hydrogens (primary N) is 1. The SMILES string of the molecule is CC(C)(C)[C@H](c1nc(-c2cc(F)ccc2F)cn1Cc1ccccc1)N(CC(CN)CS)C(=N)CO.Cl. The van der Waals surface area contributed by atoms with Crippen LogP contribution >= 0.6 is 25.0 Å². The van der Waals surface area contributed by atoms with E-state index in [4.69, 9.17) is 16.1 Å². The number of halogens is 3. The first-order valence-corrected chi connectivity index (χ1v) is 12.5. The summed E-state index contributed by atoms with van der Waals surface area (Å²) < 4.78 is 30.7. The molecule has 4 N–H and O–H groups in total. The summed E-state index contributed by atoms with van der Waals surface area (Å²) in [6, 6.07) is 12.6. The van der Waals surface area contributed by atoms with Gasteiger partial charge in [0.1, 0.15) is 29.9 Å². The third-order valence-corrected chi connectivity index (χ3v) is 6.64. The molecule has 6 nitrogen and oxygen atoms in total. The third kappa shape index (κ3) is 7.54. The maximum absolute atomic E-state index is 14.7. The van der Waals surface area contributed by atoms with Gasteiger partial charge in [-0.25, -0.2) is 13.8 Å². The van der Waals surface area contributed by atoms with E-state index in [-0.39, 0.29) is 29.7 Å². The summed E-state index contributed by atoms with van der Waals surface area (Å²) in [4.78, 5) is 6.64. The maximum Gasteiger partial charge on any atom is 0.133 e. The van der Waals surface area contributed by atoms with Gasteiger partial charge in [0.15, 0.2) is 0 Å². The van der Waals surface area contributed by atoms with E-state index in [2.05, 4.69) is 12.6 Å². The van der Waals surface area contributed by atoms with Crippen molar-refractivity contribution in [1.29, 1.82) is 5.41 Å². The first-order valence-electron chi connectivity index (χ1n) is 11.9. The van der Waals surface area contributed by atoms with Crippen molar-refractivity contribution in [1.82, 2.24) is 14.5 Å². The van der Waals surface area contributed by atoms with Gasteiger partial charge in [0.25, 0.3) is 0 Å². The molecule has 10 heteroatoms. The van der Waals surface area contributed by atoms with Gasteiger partial charge >= 0.3 is 0 Å². The van der Waals surface area contributed by atoms with Gasteiger partial charge in [-0.15, -0.1) is 12.4 Å². The lowest BCUT2D eigenvalue weighted by molar-refractivity contribution is 0.134. The van der Waals surface area contributed by atoms with Crippen LogP contribution in [0.25, 0.3) is 11.3 Å². The number of imidazole rings is 1. The van der Waals surface area contributed by atoms with Crippen molar-refractivity contribution >= 4 is 30.9 Å². The van der Waals surface area contributed by atoms with E-state index in [1.165, 1.54) is 0 Å². The molecule has 3 rings (SSSR count). The zero-order valence-corrected chi connectivity index (χ0v) is 23.1. The van der Waals surface area contributed by atoms with Crippen molar-refractivity contribution in [3.05, 3.63) is 77.8 Å². The quantitative estimate of drug-likeness (QED) is 0.159. The fraction of sp³-hybridized carbons (Fsp3) is 0.407. The fourth-order valence-electron chi connectivity index (χ4n) is 4.32. The van der Waals surface area contributed by atoms with Crippen LogP contribution in [-0.2, 0) is 6.54 Å². The number of nitrogens with one attached hydrogen (secondary N) is 1. The molecule has 2 atom stereocenters. The second-order valence-electron chi connectivity index (χ2n) is 10.0. The molecule has 1 aromatic heterocycles. The number of aliphatic hydroxyl groups is 1. The molecule has 0 spiro atoms. The highest BCUT2D eigenvalue weighted by atomic mass is 35.5. The molecule has 0 saturated carbocycles. The number of amidine groups is 1. The van der Waals surface area contributed by atoms with Crippen LogP contribution in [0.1, 0.15) is 38.2 Å². The molecule has 0 fully saturated rings. The summed E-state index contributed by atoms with van der Waals surface area (Å²) in [6.45, 7) is 6.82. The van der Waals surface area contributed by atoms with E-state index in [9.17, 15) is 13.9 Å². The lowest BCUT2D eigenvalue weighted by atomic mass is 9.84. The largest absolute Gasteiger partial charge is 0.388 e. The van der Waals surface area contributed by atoms with E-state index in [0.29, 0.717) is 36.9 Å². The Labute approximate surface area is 229 Å². The molecule has 0 aliphatic rings. The minimum Gasteiger partial charge on any atom is -0.388 e. The van der Waals surface area contributed by atoms with E-state index in [0.717, 1.165) is 23.8 Å². The van der Waals surface area contributed by atoms with Crippen molar-refractivity contribution in [3.63, 3.8) is 0 Å². The number of hydrogen-bond donors (Lipinski definition) is 4. The fourth-order valence-corrected chi connectivity index (χ4v) is 4.58. The highest BCUT2D eigenvalue weighted by Gasteiger charge is 2.38. The molecule has 0 bridgehead atoms. The number of hydrogen-bond acceptors (Lipinski definition) is 5. The van der Waals surface area contributed by atoms with Crippen LogP contribution in [0.5, 0.6) is 0 Å². The molecule has 2 aromatic carbocycles. The highest BCUT2D eigenvalue weighted by Crippen LogP contribution is 2.40. The average molecular weight is 552 g/mol. The van der Waals surface area contributed by atoms with E-state index < -0.39 is 29.7 Å². The molecule has 1 unspecified atom stereocenters. The van der Waals surface area contributed by atoms with Gasteiger partial charge in [-0.2, -0.15) is 12.6 Å². The number of aliphatic hydroxyl groups excluding tert-OH is 1. The number of nitrogens with zero attached hydrogens (tertiary/aromatic N) is 3. The van der Waals surface area contributed by atoms with Gasteiger partial charge in [-0.05, 0) is 47.4 Å². The summed E-state index contributed by atoms with van der Waals surface area (Å²) >= 11 is 4.42. The second-order valence-corrected chi connectivity index (χ2v) is 10.4. The van der Waals surface area contributed by atoms with E-state index in [1.807, 2.05) is 60.6 Å². The summed E-state index contributed by atoms with van der Waals surface area (Å²) in [5.74, 6) is -0.0244. The maximum atomic E-state index is 14.7. The first-order chi connectivity index (χ1) is 17.1. The van der Waals surface area contributed by atoms with Gasteiger partial charge in [-0.3, -0.25) is 5.41 Å². The Kier molecular flexibility index (Phi) is 11.1. The van der Waals surface area contributed by atoms with Crippen molar-refractivity contribution in [2.75, 3.05) is 25.4 Å². The third-order valence-electron chi connectivity index (χ3n) is 6.13. The van der Waals surface area contributed by atoms with Crippen LogP contribution in [-0.4, -0.2) is 50.8 Å². The molecule has 0 aliphatic heterocycles. The van der Waals surface area contributed by atoms with Crippen molar-refractivity contribution < 1.29 is 13.9 Å². The normalized spacial score (nSPS) is 13.1. The summed E-state index contributed by atoms with van der Waals surface area (Å²) in [5.41, 5.74) is 6.88. The van der Waals surface area contributed by atoms with Crippen LogP contribution in [0.15, 0.2) is 54.7 Å². The first kappa shape index (κ1) is 30.8. The Morgan fingerprint density at radius 3 is 2.43 bits per heavy atom. The van der Waals surface area contributed by atoms with Gasteiger partial charge < -0.3 is 20.3 Å². The van der Waals surface area contributed by atoms with Crippen molar-refractivity contribution in [3.8, 4) is 11.3 Å². The molecule has 1 heterocycles. The smallest absolute Gasteiger partial charge is 0.133 e. The van der Waals surface area contributed by atoms with Crippen LogP contribution in [0.4, 0.5) is 8.78 Å². The highest BCUT2D eigenvalue weighted by molar-refractivity contribution is 7.80. The topological polar surface area (TPSA) is 91.2 Å². The van der Waals surface area contributed by atoms with Gasteiger partial charge in [-0.1, -0.05) is 51.1 Å². The summed E-state index contributed by atoms with van der Waals surface area (Å²) in [6.07, 6.45) is 1.72. The van der Waals surface area contributed by atoms with Crippen molar-refractivity contribution in [2.45, 2.75) is 33.4 Å². The molecule has 0 saturated heterocycles. The second kappa shape index (κ2) is 13.4. The number of rotatable bonds is 10. The predicted octanol–water partition coefficient (Wildman–Crippen LogP) is 5.16. The van der Waals surface area contributed by atoms with Gasteiger partial charge in [0.2, 0.25) is 0 Å². The molecule has 0 radical (unpaired) electrons. The Bertz CT molecular complexity index is 1170. The summed E-state index contributed by atoms with van der Waals surface area (Å²) in [5, 5.41) is 18.5. The van der Waals surface area contributed by atoms with Gasteiger partial charge in [0, 0.05) is 24.8 Å². The molecular formula is C27H36ClF2N5OS. The Morgan fingerprint density at radius 1 is 1.19 bits per heavy atom. The predicted molar refractivity (Wildman–Crippen MR) is 150 cm³/mol. The lowest BCUT2D eigenvalue weighted by Gasteiger charge is -2.42.